The van der Waals surface area contributed by atoms with Crippen LogP contribution in [0.2, 0.25) is 0 Å². The number of hydrogen-bond donors (Lipinski definition) is 1. The van der Waals surface area contributed by atoms with Gasteiger partial charge in [-0.2, -0.15) is 0 Å². The van der Waals surface area contributed by atoms with E-state index in [1.165, 1.54) is 22.3 Å². The van der Waals surface area contributed by atoms with Crippen molar-refractivity contribution in [2.75, 3.05) is 13.7 Å². The molecule has 3 rings (SSSR count). The van der Waals surface area contributed by atoms with Crippen molar-refractivity contribution < 1.29 is 4.74 Å². The first-order valence-electron chi connectivity index (χ1n) is 7.21. The molecule has 1 aromatic heterocycles. The number of benzene rings is 1. The number of pyridine rings is 1. The van der Waals surface area contributed by atoms with Crippen molar-refractivity contribution in [3.05, 3.63) is 57.3 Å². The molecule has 0 spiro atoms. The van der Waals surface area contributed by atoms with Crippen LogP contribution in [0.5, 0.6) is 5.75 Å². The summed E-state index contributed by atoms with van der Waals surface area (Å²) in [6.07, 6.45) is 5.68. The van der Waals surface area contributed by atoms with Crippen molar-refractivity contribution in [2.24, 2.45) is 0 Å². The second-order valence-corrected chi connectivity index (χ2v) is 6.34. The molecule has 3 nitrogen and oxygen atoms in total. The number of nitrogens with zero attached hydrogens (tertiary/aromatic N) is 1. The SMILES string of the molecule is CNC(Cc1cc(Br)cc2c1OCC2)c1cnccc1C. The topological polar surface area (TPSA) is 34.1 Å². The zero-order chi connectivity index (χ0) is 14.8. The first-order chi connectivity index (χ1) is 10.2. The van der Waals surface area contributed by atoms with E-state index < -0.39 is 0 Å². The Morgan fingerprint density at radius 2 is 2.29 bits per heavy atom. The van der Waals surface area contributed by atoms with Crippen LogP contribution in [-0.2, 0) is 12.8 Å². The van der Waals surface area contributed by atoms with E-state index in [0.29, 0.717) is 0 Å². The number of rotatable bonds is 4. The van der Waals surface area contributed by atoms with E-state index in [0.717, 1.165) is 29.7 Å². The van der Waals surface area contributed by atoms with Gasteiger partial charge in [0, 0.05) is 29.3 Å². The van der Waals surface area contributed by atoms with Gasteiger partial charge in [0.1, 0.15) is 5.75 Å². The van der Waals surface area contributed by atoms with Crippen LogP contribution < -0.4 is 10.1 Å². The third-order valence-corrected chi connectivity index (χ3v) is 4.51. The lowest BCUT2D eigenvalue weighted by molar-refractivity contribution is 0.352. The predicted molar refractivity (Wildman–Crippen MR) is 87.8 cm³/mol. The van der Waals surface area contributed by atoms with Crippen molar-refractivity contribution in [1.82, 2.24) is 10.3 Å². The Kier molecular flexibility index (Phi) is 4.27. The average molecular weight is 347 g/mol. The first kappa shape index (κ1) is 14.5. The van der Waals surface area contributed by atoms with Gasteiger partial charge in [-0.25, -0.2) is 0 Å². The molecule has 0 bridgehead atoms. The van der Waals surface area contributed by atoms with Crippen molar-refractivity contribution in [3.8, 4) is 5.75 Å². The van der Waals surface area contributed by atoms with Crippen LogP contribution >= 0.6 is 15.9 Å². The summed E-state index contributed by atoms with van der Waals surface area (Å²) in [5, 5.41) is 3.41. The maximum absolute atomic E-state index is 5.83. The summed E-state index contributed by atoms with van der Waals surface area (Å²) >= 11 is 3.61. The molecule has 1 aliphatic rings. The van der Waals surface area contributed by atoms with Gasteiger partial charge in [0.25, 0.3) is 0 Å². The Morgan fingerprint density at radius 1 is 1.43 bits per heavy atom. The molecule has 110 valence electrons. The molecule has 1 aromatic carbocycles. The highest BCUT2D eigenvalue weighted by molar-refractivity contribution is 9.10. The fraction of sp³-hybridized carbons (Fsp3) is 0.353. The highest BCUT2D eigenvalue weighted by atomic mass is 79.9. The molecular formula is C17H19BrN2O. The third-order valence-electron chi connectivity index (χ3n) is 4.05. The van der Waals surface area contributed by atoms with E-state index in [9.17, 15) is 0 Å². The van der Waals surface area contributed by atoms with E-state index in [1.807, 2.05) is 19.4 Å². The Balaban J connectivity index is 1.94. The molecule has 2 aromatic rings. The fourth-order valence-electron chi connectivity index (χ4n) is 2.93. The van der Waals surface area contributed by atoms with Gasteiger partial charge in [0.05, 0.1) is 6.61 Å². The van der Waals surface area contributed by atoms with Gasteiger partial charge < -0.3 is 10.1 Å². The average Bonchev–Trinajstić information content (AvgIpc) is 2.93. The standard InChI is InChI=1S/C17H19BrN2O/c1-11-3-5-20-10-15(11)16(19-2)9-13-8-14(18)7-12-4-6-21-17(12)13/h3,5,7-8,10,16,19H,4,6,9H2,1-2H3. The van der Waals surface area contributed by atoms with Crippen LogP contribution in [0.4, 0.5) is 0 Å². The van der Waals surface area contributed by atoms with E-state index in [4.69, 9.17) is 4.74 Å². The van der Waals surface area contributed by atoms with Gasteiger partial charge in [-0.15, -0.1) is 0 Å². The third kappa shape index (κ3) is 2.97. The van der Waals surface area contributed by atoms with Gasteiger partial charge in [-0.1, -0.05) is 15.9 Å². The Morgan fingerprint density at radius 3 is 3.05 bits per heavy atom. The van der Waals surface area contributed by atoms with E-state index in [-0.39, 0.29) is 6.04 Å². The second kappa shape index (κ2) is 6.16. The summed E-state index contributed by atoms with van der Waals surface area (Å²) in [5.41, 5.74) is 5.06. The summed E-state index contributed by atoms with van der Waals surface area (Å²) in [6.45, 7) is 2.91. The summed E-state index contributed by atoms with van der Waals surface area (Å²) in [7, 11) is 2.00. The van der Waals surface area contributed by atoms with Gasteiger partial charge in [0.15, 0.2) is 0 Å². The summed E-state index contributed by atoms with van der Waals surface area (Å²) in [4.78, 5) is 4.27. The number of nitrogens with one attached hydrogen (secondary N) is 1. The fourth-order valence-corrected chi connectivity index (χ4v) is 3.48. The maximum Gasteiger partial charge on any atom is 0.125 e. The zero-order valence-electron chi connectivity index (χ0n) is 12.3. The quantitative estimate of drug-likeness (QED) is 0.918. The molecule has 1 aliphatic heterocycles. The molecular weight excluding hydrogens is 328 g/mol. The lowest BCUT2D eigenvalue weighted by Crippen LogP contribution is -2.20. The summed E-state index contributed by atoms with van der Waals surface area (Å²) < 4.78 is 6.96. The van der Waals surface area contributed by atoms with E-state index in [1.54, 1.807) is 0 Å². The molecule has 1 N–H and O–H groups in total. The molecule has 0 amide bonds. The number of fused-ring (bicyclic) bond motifs is 1. The second-order valence-electron chi connectivity index (χ2n) is 5.43. The van der Waals surface area contributed by atoms with Gasteiger partial charge >= 0.3 is 0 Å². The number of hydrogen-bond acceptors (Lipinski definition) is 3. The molecule has 2 heterocycles. The first-order valence-corrected chi connectivity index (χ1v) is 8.00. The number of halogens is 1. The molecule has 21 heavy (non-hydrogen) atoms. The minimum absolute atomic E-state index is 0.237. The summed E-state index contributed by atoms with van der Waals surface area (Å²) in [5.74, 6) is 1.07. The monoisotopic (exact) mass is 346 g/mol. The van der Waals surface area contributed by atoms with Gasteiger partial charge in [0.2, 0.25) is 0 Å². The highest BCUT2D eigenvalue weighted by Crippen LogP contribution is 2.35. The van der Waals surface area contributed by atoms with Crippen LogP contribution in [0.3, 0.4) is 0 Å². The zero-order valence-corrected chi connectivity index (χ0v) is 13.9. The molecule has 1 atom stereocenters. The molecule has 0 saturated carbocycles. The minimum atomic E-state index is 0.237. The van der Waals surface area contributed by atoms with Crippen LogP contribution in [0, 0.1) is 6.92 Å². The number of aromatic nitrogens is 1. The minimum Gasteiger partial charge on any atom is -0.493 e. The molecule has 1 unspecified atom stereocenters. The van der Waals surface area contributed by atoms with Crippen molar-refractivity contribution in [3.63, 3.8) is 0 Å². The molecule has 0 aliphatic carbocycles. The Labute approximate surface area is 133 Å². The van der Waals surface area contributed by atoms with Crippen molar-refractivity contribution >= 4 is 15.9 Å². The number of likely N-dealkylation sites (N-methyl/N-ethyl adjacent to an activating group) is 1. The van der Waals surface area contributed by atoms with E-state index >= 15 is 0 Å². The normalized spacial score (nSPS) is 14.6. The van der Waals surface area contributed by atoms with E-state index in [2.05, 4.69) is 51.4 Å². The molecule has 0 radical (unpaired) electrons. The Bertz CT molecular complexity index is 657. The predicted octanol–water partition coefficient (Wildman–Crippen LogP) is 3.59. The van der Waals surface area contributed by atoms with Crippen LogP contribution in [0.15, 0.2) is 35.1 Å². The lowest BCUT2D eigenvalue weighted by atomic mass is 9.95. The number of aryl methyl sites for hydroxylation is 1. The van der Waals surface area contributed by atoms with Gasteiger partial charge in [-0.3, -0.25) is 4.98 Å². The molecule has 4 heteroatoms. The smallest absolute Gasteiger partial charge is 0.125 e. The largest absolute Gasteiger partial charge is 0.493 e. The lowest BCUT2D eigenvalue weighted by Gasteiger charge is -2.20. The molecule has 0 fully saturated rings. The maximum atomic E-state index is 5.83. The van der Waals surface area contributed by atoms with Gasteiger partial charge in [-0.05, 0) is 60.8 Å². The van der Waals surface area contributed by atoms with Crippen molar-refractivity contribution in [1.29, 1.82) is 0 Å². The van der Waals surface area contributed by atoms with Crippen LogP contribution in [-0.4, -0.2) is 18.6 Å². The number of ether oxygens (including phenoxy) is 1. The highest BCUT2D eigenvalue weighted by Gasteiger charge is 2.21. The molecule has 0 saturated heterocycles. The van der Waals surface area contributed by atoms with Crippen LogP contribution in [0.25, 0.3) is 0 Å². The van der Waals surface area contributed by atoms with Crippen LogP contribution in [0.1, 0.15) is 28.3 Å². The van der Waals surface area contributed by atoms with Crippen molar-refractivity contribution in [2.45, 2.75) is 25.8 Å². The Hall–Kier alpha value is -1.39. The summed E-state index contributed by atoms with van der Waals surface area (Å²) in [6, 6.07) is 6.62.